The van der Waals surface area contributed by atoms with Crippen LogP contribution in [0.1, 0.15) is 96.8 Å². The van der Waals surface area contributed by atoms with Crippen LogP contribution in [0.4, 0.5) is 0 Å². The Bertz CT molecular complexity index is 283. The summed E-state index contributed by atoms with van der Waals surface area (Å²) < 4.78 is 16.3. The summed E-state index contributed by atoms with van der Waals surface area (Å²) in [4.78, 5) is 0. The van der Waals surface area contributed by atoms with E-state index < -0.39 is 8.80 Å². The molecule has 150 valence electrons. The Morgan fingerprint density at radius 2 is 0.960 bits per heavy atom. The molecule has 0 saturated heterocycles. The molecule has 0 rings (SSSR count). The van der Waals surface area contributed by atoms with Gasteiger partial charge in [-0.3, -0.25) is 0 Å². The van der Waals surface area contributed by atoms with Gasteiger partial charge in [0.25, 0.3) is 0 Å². The average molecular weight is 373 g/mol. The van der Waals surface area contributed by atoms with Gasteiger partial charge in [-0.25, -0.2) is 0 Å². The van der Waals surface area contributed by atoms with E-state index >= 15 is 0 Å². The fourth-order valence-electron chi connectivity index (χ4n) is 3.15. The number of allylic oxidation sites excluding steroid dienone is 2. The second-order valence-corrected chi connectivity index (χ2v) is 10.1. The molecule has 3 nitrogen and oxygen atoms in total. The van der Waals surface area contributed by atoms with Crippen LogP contribution in [0.3, 0.4) is 0 Å². The third kappa shape index (κ3) is 14.7. The van der Waals surface area contributed by atoms with E-state index in [1.165, 1.54) is 83.5 Å². The molecule has 0 aliphatic heterocycles. The summed E-state index contributed by atoms with van der Waals surface area (Å²) >= 11 is 0. The van der Waals surface area contributed by atoms with Gasteiger partial charge in [0, 0.05) is 27.4 Å². The van der Waals surface area contributed by atoms with Gasteiger partial charge in [0.2, 0.25) is 0 Å². The van der Waals surface area contributed by atoms with E-state index in [0.29, 0.717) is 0 Å². The van der Waals surface area contributed by atoms with Crippen LogP contribution in [0, 0.1) is 0 Å². The Labute approximate surface area is 158 Å². The molecular weight excluding hydrogens is 328 g/mol. The Morgan fingerprint density at radius 3 is 1.40 bits per heavy atom. The summed E-state index contributed by atoms with van der Waals surface area (Å²) in [6.45, 7) is 2.28. The largest absolute Gasteiger partial charge is 0.500 e. The normalized spacial score (nSPS) is 12.3. The van der Waals surface area contributed by atoms with Gasteiger partial charge in [-0.05, 0) is 32.1 Å². The van der Waals surface area contributed by atoms with E-state index in [1.54, 1.807) is 21.3 Å². The minimum Gasteiger partial charge on any atom is -0.377 e. The molecule has 0 spiro atoms. The summed E-state index contributed by atoms with van der Waals surface area (Å²) in [5.74, 6) is 0. The zero-order chi connectivity index (χ0) is 18.6. The number of hydrogen-bond donors (Lipinski definition) is 0. The van der Waals surface area contributed by atoms with Gasteiger partial charge in [0.1, 0.15) is 0 Å². The van der Waals surface area contributed by atoms with Gasteiger partial charge in [-0.1, -0.05) is 76.9 Å². The molecule has 0 radical (unpaired) electrons. The molecule has 0 heterocycles. The van der Waals surface area contributed by atoms with Gasteiger partial charge < -0.3 is 13.3 Å². The highest BCUT2D eigenvalue weighted by molar-refractivity contribution is 6.60. The fourth-order valence-corrected chi connectivity index (χ4v) is 4.94. The van der Waals surface area contributed by atoms with Crippen LogP contribution in [0.2, 0.25) is 6.04 Å². The lowest BCUT2D eigenvalue weighted by molar-refractivity contribution is 0.122. The molecule has 0 atom stereocenters. The molecule has 0 aliphatic rings. The molecule has 0 amide bonds. The molecule has 0 saturated carbocycles. The van der Waals surface area contributed by atoms with Crippen LogP contribution < -0.4 is 0 Å². The average Bonchev–Trinajstić information content (AvgIpc) is 2.65. The van der Waals surface area contributed by atoms with Crippen molar-refractivity contribution in [2.45, 2.75) is 103 Å². The molecule has 0 unspecified atom stereocenters. The maximum atomic E-state index is 5.45. The number of rotatable bonds is 19. The molecule has 0 fully saturated rings. The van der Waals surface area contributed by atoms with E-state index in [0.717, 1.165) is 12.5 Å². The summed E-state index contributed by atoms with van der Waals surface area (Å²) in [7, 11) is 2.75. The second-order valence-electron chi connectivity index (χ2n) is 6.98. The molecule has 0 aromatic rings. The Kier molecular flexibility index (Phi) is 18.5. The summed E-state index contributed by atoms with van der Waals surface area (Å²) in [6, 6.07) is 0.928. The fraction of sp³-hybridized carbons (Fsp3) is 0.905. The van der Waals surface area contributed by atoms with Crippen LogP contribution in [0.5, 0.6) is 0 Å². The standard InChI is InChI=1S/C21H44O3Si/c1-5-6-7-8-9-10-11-12-13-14-15-16-17-18-19-20-21-25(22-2,23-3)24-4/h12-13H,5-11,14-21H2,1-4H3/b13-12-. The second kappa shape index (κ2) is 18.6. The number of unbranched alkanes of at least 4 members (excludes halogenated alkanes) is 12. The van der Waals surface area contributed by atoms with Crippen molar-refractivity contribution in [3.8, 4) is 0 Å². The molecule has 0 aliphatic carbocycles. The van der Waals surface area contributed by atoms with Crippen LogP contribution >= 0.6 is 0 Å². The zero-order valence-corrected chi connectivity index (χ0v) is 18.5. The van der Waals surface area contributed by atoms with Crippen molar-refractivity contribution in [2.24, 2.45) is 0 Å². The van der Waals surface area contributed by atoms with E-state index in [1.807, 2.05) is 0 Å². The van der Waals surface area contributed by atoms with E-state index in [4.69, 9.17) is 13.3 Å². The first-order valence-electron chi connectivity index (χ1n) is 10.5. The molecule has 4 heteroatoms. The van der Waals surface area contributed by atoms with Crippen molar-refractivity contribution in [3.05, 3.63) is 12.2 Å². The van der Waals surface area contributed by atoms with Crippen molar-refractivity contribution >= 4 is 8.80 Å². The molecule has 0 aromatic heterocycles. The SMILES string of the molecule is CCCCCCCC/C=C\CCCCCCCC[Si](OC)(OC)OC. The molecular formula is C21H44O3Si. The predicted molar refractivity (Wildman–Crippen MR) is 111 cm³/mol. The van der Waals surface area contributed by atoms with Crippen LogP contribution in [-0.2, 0) is 13.3 Å². The van der Waals surface area contributed by atoms with Gasteiger partial charge >= 0.3 is 8.80 Å². The van der Waals surface area contributed by atoms with E-state index in [9.17, 15) is 0 Å². The van der Waals surface area contributed by atoms with Gasteiger partial charge in [0.05, 0.1) is 0 Å². The Morgan fingerprint density at radius 1 is 0.560 bits per heavy atom. The highest BCUT2D eigenvalue weighted by atomic mass is 28.4. The molecule has 0 aromatic carbocycles. The smallest absolute Gasteiger partial charge is 0.377 e. The van der Waals surface area contributed by atoms with Crippen molar-refractivity contribution in [3.63, 3.8) is 0 Å². The van der Waals surface area contributed by atoms with Crippen LogP contribution in [0.15, 0.2) is 12.2 Å². The molecule has 0 N–H and O–H groups in total. The maximum absolute atomic E-state index is 5.45. The third-order valence-corrected chi connectivity index (χ3v) is 7.76. The number of hydrogen-bond acceptors (Lipinski definition) is 3. The lowest BCUT2D eigenvalue weighted by Gasteiger charge is -2.24. The minimum absolute atomic E-state index is 0.928. The lowest BCUT2D eigenvalue weighted by atomic mass is 10.1. The topological polar surface area (TPSA) is 27.7 Å². The highest BCUT2D eigenvalue weighted by Crippen LogP contribution is 2.18. The zero-order valence-electron chi connectivity index (χ0n) is 17.5. The van der Waals surface area contributed by atoms with Crippen molar-refractivity contribution in [1.29, 1.82) is 0 Å². The first-order valence-corrected chi connectivity index (χ1v) is 12.5. The lowest BCUT2D eigenvalue weighted by Crippen LogP contribution is -2.42. The van der Waals surface area contributed by atoms with Gasteiger partial charge in [0.15, 0.2) is 0 Å². The van der Waals surface area contributed by atoms with Crippen molar-refractivity contribution in [2.75, 3.05) is 21.3 Å². The first-order chi connectivity index (χ1) is 12.2. The van der Waals surface area contributed by atoms with Gasteiger partial charge in [-0.2, -0.15) is 0 Å². The monoisotopic (exact) mass is 372 g/mol. The van der Waals surface area contributed by atoms with Crippen LogP contribution in [0.25, 0.3) is 0 Å². The summed E-state index contributed by atoms with van der Waals surface area (Å²) in [5.41, 5.74) is 0. The van der Waals surface area contributed by atoms with Crippen molar-refractivity contribution in [1.82, 2.24) is 0 Å². The Balaban J connectivity index is 3.32. The first kappa shape index (κ1) is 24.8. The molecule has 25 heavy (non-hydrogen) atoms. The van der Waals surface area contributed by atoms with Gasteiger partial charge in [-0.15, -0.1) is 0 Å². The van der Waals surface area contributed by atoms with E-state index in [-0.39, 0.29) is 0 Å². The van der Waals surface area contributed by atoms with E-state index in [2.05, 4.69) is 19.1 Å². The Hall–Kier alpha value is -0.163. The highest BCUT2D eigenvalue weighted by Gasteiger charge is 2.36. The summed E-state index contributed by atoms with van der Waals surface area (Å²) in [6.07, 6.45) is 23.4. The quantitative estimate of drug-likeness (QED) is 0.140. The van der Waals surface area contributed by atoms with Crippen LogP contribution in [-0.4, -0.2) is 30.1 Å². The molecule has 0 bridgehead atoms. The minimum atomic E-state index is -2.33. The predicted octanol–water partition coefficient (Wildman–Crippen LogP) is 6.90. The maximum Gasteiger partial charge on any atom is 0.500 e. The van der Waals surface area contributed by atoms with Crippen molar-refractivity contribution < 1.29 is 13.3 Å². The summed E-state index contributed by atoms with van der Waals surface area (Å²) in [5, 5.41) is 0. The third-order valence-electron chi connectivity index (χ3n) is 4.93.